The molecule has 0 aliphatic rings. The van der Waals surface area contributed by atoms with Crippen molar-refractivity contribution < 1.29 is 14.3 Å². The van der Waals surface area contributed by atoms with E-state index in [0.29, 0.717) is 5.56 Å². The molecule has 0 atom stereocenters. The lowest BCUT2D eigenvalue weighted by Crippen LogP contribution is -2.44. The number of para-hydroxylation sites is 1. The van der Waals surface area contributed by atoms with Crippen LogP contribution in [-0.2, 0) is 9.53 Å². The van der Waals surface area contributed by atoms with Crippen LogP contribution in [0.15, 0.2) is 30.5 Å². The van der Waals surface area contributed by atoms with Gasteiger partial charge >= 0.3 is 5.97 Å². The van der Waals surface area contributed by atoms with Crippen molar-refractivity contribution in [1.29, 1.82) is 0 Å². The molecule has 5 nitrogen and oxygen atoms in total. The maximum atomic E-state index is 12.0. The Morgan fingerprint density at radius 1 is 1.29 bits per heavy atom. The van der Waals surface area contributed by atoms with E-state index in [1.54, 1.807) is 6.20 Å². The largest absolute Gasteiger partial charge is 0.452 e. The summed E-state index contributed by atoms with van der Waals surface area (Å²) in [4.78, 5) is 26.8. The number of aromatic nitrogens is 1. The number of hydrogen-bond donors (Lipinski definition) is 2. The van der Waals surface area contributed by atoms with Gasteiger partial charge in [0.25, 0.3) is 5.91 Å². The van der Waals surface area contributed by atoms with Crippen LogP contribution >= 0.6 is 0 Å². The van der Waals surface area contributed by atoms with E-state index in [0.717, 1.165) is 17.3 Å². The van der Waals surface area contributed by atoms with E-state index in [1.165, 1.54) is 0 Å². The van der Waals surface area contributed by atoms with Crippen LogP contribution in [-0.4, -0.2) is 29.0 Å². The third kappa shape index (κ3) is 3.62. The minimum Gasteiger partial charge on any atom is -0.452 e. The molecule has 1 aromatic carbocycles. The third-order valence-electron chi connectivity index (χ3n) is 3.51. The highest BCUT2D eigenvalue weighted by Gasteiger charge is 2.19. The summed E-state index contributed by atoms with van der Waals surface area (Å²) in [6.45, 7) is 5.55. The normalized spacial score (nSPS) is 11.4. The second-order valence-corrected chi connectivity index (χ2v) is 5.61. The first-order chi connectivity index (χ1) is 9.93. The minimum absolute atomic E-state index is 0.276. The molecule has 0 fully saturated rings. The summed E-state index contributed by atoms with van der Waals surface area (Å²) in [5.41, 5.74) is 0.999. The van der Waals surface area contributed by atoms with Gasteiger partial charge in [0, 0.05) is 22.6 Å². The molecule has 2 aromatic rings. The Balaban J connectivity index is 1.98. The fourth-order valence-electron chi connectivity index (χ4n) is 1.95. The number of amides is 1. The molecule has 21 heavy (non-hydrogen) atoms. The van der Waals surface area contributed by atoms with E-state index >= 15 is 0 Å². The minimum atomic E-state index is -0.503. The van der Waals surface area contributed by atoms with Gasteiger partial charge in [-0.25, -0.2) is 4.79 Å². The van der Waals surface area contributed by atoms with Crippen molar-refractivity contribution in [3.8, 4) is 0 Å². The number of hydrogen-bond acceptors (Lipinski definition) is 3. The Hall–Kier alpha value is -2.30. The molecule has 1 heterocycles. The van der Waals surface area contributed by atoms with E-state index in [-0.39, 0.29) is 18.1 Å². The number of benzene rings is 1. The third-order valence-corrected chi connectivity index (χ3v) is 3.51. The van der Waals surface area contributed by atoms with Crippen LogP contribution < -0.4 is 5.32 Å². The maximum Gasteiger partial charge on any atom is 0.340 e. The van der Waals surface area contributed by atoms with E-state index in [9.17, 15) is 9.59 Å². The van der Waals surface area contributed by atoms with Gasteiger partial charge in [-0.3, -0.25) is 4.79 Å². The first-order valence-electron chi connectivity index (χ1n) is 6.97. The summed E-state index contributed by atoms with van der Waals surface area (Å²) in [6.07, 6.45) is 2.40. The first kappa shape index (κ1) is 15.1. The fourth-order valence-corrected chi connectivity index (χ4v) is 1.95. The topological polar surface area (TPSA) is 71.2 Å². The van der Waals surface area contributed by atoms with Crippen LogP contribution in [0.1, 0.15) is 37.6 Å². The summed E-state index contributed by atoms with van der Waals surface area (Å²) in [5, 5.41) is 3.61. The molecule has 0 radical (unpaired) electrons. The zero-order valence-electron chi connectivity index (χ0n) is 12.5. The molecule has 1 aromatic heterocycles. The molecule has 2 rings (SSSR count). The number of rotatable bonds is 5. The number of aromatic amines is 1. The Kier molecular flexibility index (Phi) is 4.31. The van der Waals surface area contributed by atoms with Gasteiger partial charge in [-0.1, -0.05) is 25.1 Å². The highest BCUT2D eigenvalue weighted by Crippen LogP contribution is 2.18. The van der Waals surface area contributed by atoms with E-state index in [4.69, 9.17) is 4.74 Å². The van der Waals surface area contributed by atoms with Crippen LogP contribution in [0.5, 0.6) is 0 Å². The van der Waals surface area contributed by atoms with Gasteiger partial charge < -0.3 is 15.0 Å². The van der Waals surface area contributed by atoms with Crippen LogP contribution in [0, 0.1) is 0 Å². The Morgan fingerprint density at radius 2 is 2.00 bits per heavy atom. The summed E-state index contributed by atoms with van der Waals surface area (Å²) in [5.74, 6) is -0.799. The molecule has 112 valence electrons. The van der Waals surface area contributed by atoms with Crippen LogP contribution in [0.3, 0.4) is 0 Å². The van der Waals surface area contributed by atoms with Crippen molar-refractivity contribution in [2.45, 2.75) is 32.7 Å². The molecule has 0 spiro atoms. The predicted molar refractivity (Wildman–Crippen MR) is 81.1 cm³/mol. The summed E-state index contributed by atoms with van der Waals surface area (Å²) < 4.78 is 5.08. The van der Waals surface area contributed by atoms with Crippen molar-refractivity contribution in [3.05, 3.63) is 36.0 Å². The predicted octanol–water partition coefficient (Wildman–Crippen LogP) is 2.63. The molecule has 0 saturated carbocycles. The number of fused-ring (bicyclic) bond motifs is 1. The standard InChI is InChI=1S/C16H20N2O3/c1-4-16(2,3)18-14(19)10-21-15(20)12-9-17-13-8-6-5-7-11(12)13/h5-9,17H,4,10H2,1-3H3,(H,18,19). The zero-order valence-corrected chi connectivity index (χ0v) is 12.5. The smallest absolute Gasteiger partial charge is 0.340 e. The average Bonchev–Trinajstić information content (AvgIpc) is 2.88. The molecule has 0 aliphatic carbocycles. The monoisotopic (exact) mass is 288 g/mol. The van der Waals surface area contributed by atoms with Gasteiger partial charge in [0.05, 0.1) is 5.56 Å². The SMILES string of the molecule is CCC(C)(C)NC(=O)COC(=O)c1c[nH]c2ccccc12. The van der Waals surface area contributed by atoms with Crippen LogP contribution in [0.25, 0.3) is 10.9 Å². The number of esters is 1. The lowest BCUT2D eigenvalue weighted by Gasteiger charge is -2.24. The van der Waals surface area contributed by atoms with E-state index in [2.05, 4.69) is 10.3 Å². The second-order valence-electron chi connectivity index (χ2n) is 5.61. The average molecular weight is 288 g/mol. The number of ether oxygens (including phenoxy) is 1. The lowest BCUT2D eigenvalue weighted by molar-refractivity contribution is -0.125. The van der Waals surface area contributed by atoms with Gasteiger partial charge in [-0.15, -0.1) is 0 Å². The highest BCUT2D eigenvalue weighted by atomic mass is 16.5. The van der Waals surface area contributed by atoms with Gasteiger partial charge in [0.15, 0.2) is 6.61 Å². The van der Waals surface area contributed by atoms with Crippen LogP contribution in [0.2, 0.25) is 0 Å². The number of nitrogens with one attached hydrogen (secondary N) is 2. The van der Waals surface area contributed by atoms with Gasteiger partial charge in [-0.2, -0.15) is 0 Å². The van der Waals surface area contributed by atoms with Crippen molar-refractivity contribution in [1.82, 2.24) is 10.3 Å². The number of carbonyl (C=O) groups is 2. The number of H-pyrrole nitrogens is 1. The summed E-state index contributed by atoms with van der Waals surface area (Å²) in [7, 11) is 0. The molecular formula is C16H20N2O3. The molecule has 5 heteroatoms. The Bertz CT molecular complexity index is 658. The van der Waals surface area contributed by atoms with Crippen molar-refractivity contribution in [2.75, 3.05) is 6.61 Å². The van der Waals surface area contributed by atoms with Crippen LogP contribution in [0.4, 0.5) is 0 Å². The van der Waals surface area contributed by atoms with Crippen molar-refractivity contribution >= 4 is 22.8 Å². The zero-order chi connectivity index (χ0) is 15.5. The van der Waals surface area contributed by atoms with Crippen molar-refractivity contribution in [2.24, 2.45) is 0 Å². The maximum absolute atomic E-state index is 12.0. The molecule has 0 unspecified atom stereocenters. The highest BCUT2D eigenvalue weighted by molar-refractivity contribution is 6.04. The summed E-state index contributed by atoms with van der Waals surface area (Å²) in [6, 6.07) is 7.45. The molecule has 0 bridgehead atoms. The van der Waals surface area contributed by atoms with E-state index in [1.807, 2.05) is 45.0 Å². The van der Waals surface area contributed by atoms with Gasteiger partial charge in [-0.05, 0) is 26.3 Å². The second kappa shape index (κ2) is 5.99. The number of carbonyl (C=O) groups excluding carboxylic acids is 2. The molecule has 1 amide bonds. The molecule has 0 saturated heterocycles. The van der Waals surface area contributed by atoms with Gasteiger partial charge in [0.1, 0.15) is 0 Å². The quantitative estimate of drug-likeness (QED) is 0.831. The Morgan fingerprint density at radius 3 is 2.71 bits per heavy atom. The van der Waals surface area contributed by atoms with E-state index < -0.39 is 5.97 Å². The molecular weight excluding hydrogens is 268 g/mol. The van der Waals surface area contributed by atoms with Gasteiger partial charge in [0.2, 0.25) is 0 Å². The van der Waals surface area contributed by atoms with Crippen molar-refractivity contribution in [3.63, 3.8) is 0 Å². The molecule has 2 N–H and O–H groups in total. The first-order valence-corrected chi connectivity index (χ1v) is 6.97. The fraction of sp³-hybridized carbons (Fsp3) is 0.375. The summed E-state index contributed by atoms with van der Waals surface area (Å²) >= 11 is 0. The lowest BCUT2D eigenvalue weighted by atomic mass is 10.0. The Labute approximate surface area is 123 Å². The molecule has 0 aliphatic heterocycles.